The number of likely N-dealkylation sites (tertiary alicyclic amines) is 2. The number of nitroso groups, excluding NO2 is 1. The number of aromatic nitrogens is 1. The summed E-state index contributed by atoms with van der Waals surface area (Å²) in [6.45, 7) is 4.43. The van der Waals surface area contributed by atoms with E-state index in [-0.39, 0.29) is 34.2 Å². The molecule has 5 unspecified atom stereocenters. The summed E-state index contributed by atoms with van der Waals surface area (Å²) < 4.78 is 0. The number of nitrogen functional groups attached to an aromatic ring is 1. The fourth-order valence-corrected chi connectivity index (χ4v) is 8.32. The van der Waals surface area contributed by atoms with Gasteiger partial charge in [-0.05, 0) is 49.1 Å². The molecular weight excluding hydrogens is 584 g/mol. The summed E-state index contributed by atoms with van der Waals surface area (Å²) in [5, 5.41) is 19.9. The highest BCUT2D eigenvalue weighted by Gasteiger charge is 2.54. The number of thiazole rings is 1. The fourth-order valence-electron chi connectivity index (χ4n) is 6.43. The number of allylic oxidation sites excluding steroid dienone is 1. The second-order valence-corrected chi connectivity index (χ2v) is 13.1. The van der Waals surface area contributed by atoms with Crippen molar-refractivity contribution < 1.29 is 24.3 Å². The number of hydrogen-bond donors (Lipinski definition) is 4. The van der Waals surface area contributed by atoms with Crippen molar-refractivity contribution in [1.82, 2.24) is 30.3 Å². The standard InChI is InChI=1S/C26H32N8O6S2/c27-26-29-17(12-42-26)18(31-40)21(35)30-19-23(37)34-20(25(38)39)14(11-41-24(19)34)8-13-3-7-33(22(13)36)16-4-6-32(10-16)9-15-2-1-5-28-15/h8,12,15-16,18-19,24,28H,1-7,9-11H2,(H2,27,29)(H,30,35)(H,38,39). The third-order valence-corrected chi connectivity index (χ3v) is 10.5. The van der Waals surface area contributed by atoms with Crippen LogP contribution in [0, 0.1) is 4.91 Å². The van der Waals surface area contributed by atoms with Gasteiger partial charge in [-0.3, -0.25) is 24.2 Å². The number of hydrogen-bond acceptors (Lipinski definition) is 12. The Morgan fingerprint density at radius 1 is 1.31 bits per heavy atom. The van der Waals surface area contributed by atoms with Crippen LogP contribution in [0.2, 0.25) is 0 Å². The van der Waals surface area contributed by atoms with Gasteiger partial charge >= 0.3 is 5.97 Å². The van der Waals surface area contributed by atoms with Gasteiger partial charge in [0.2, 0.25) is 11.9 Å². The van der Waals surface area contributed by atoms with Crippen LogP contribution >= 0.6 is 23.1 Å². The molecule has 0 radical (unpaired) electrons. The Hall–Kier alpha value is -3.34. The number of β-lactam (4-membered cyclic amide) rings is 1. The highest BCUT2D eigenvalue weighted by Crippen LogP contribution is 2.42. The molecular formula is C26H32N8O6S2. The van der Waals surface area contributed by atoms with Crippen LogP contribution < -0.4 is 16.4 Å². The van der Waals surface area contributed by atoms with Gasteiger partial charge in [-0.25, -0.2) is 9.78 Å². The van der Waals surface area contributed by atoms with Crippen LogP contribution in [0.25, 0.3) is 0 Å². The van der Waals surface area contributed by atoms with Crippen molar-refractivity contribution in [1.29, 1.82) is 0 Å². The van der Waals surface area contributed by atoms with Crippen LogP contribution in [0.1, 0.15) is 37.4 Å². The lowest BCUT2D eigenvalue weighted by Crippen LogP contribution is -2.70. The minimum absolute atomic E-state index is 0.0800. The van der Waals surface area contributed by atoms with Crippen molar-refractivity contribution in [2.75, 3.05) is 44.2 Å². The highest BCUT2D eigenvalue weighted by molar-refractivity contribution is 8.00. The predicted molar refractivity (Wildman–Crippen MR) is 155 cm³/mol. The first-order valence-corrected chi connectivity index (χ1v) is 15.9. The summed E-state index contributed by atoms with van der Waals surface area (Å²) >= 11 is 2.34. The number of amides is 3. The number of nitrogens with zero attached hydrogens (tertiary/aromatic N) is 5. The fraction of sp³-hybridized carbons (Fsp3) is 0.577. The summed E-state index contributed by atoms with van der Waals surface area (Å²) in [6.07, 6.45) is 5.44. The summed E-state index contributed by atoms with van der Waals surface area (Å²) in [6, 6.07) is -1.86. The Morgan fingerprint density at radius 3 is 2.83 bits per heavy atom. The molecule has 0 bridgehead atoms. The Balaban J connectivity index is 1.12. The number of carboxylic acids is 1. The smallest absolute Gasteiger partial charge is 0.352 e. The summed E-state index contributed by atoms with van der Waals surface area (Å²) in [4.78, 5) is 72.3. The van der Waals surface area contributed by atoms with E-state index in [1.165, 1.54) is 30.0 Å². The molecule has 6 heterocycles. The number of carbonyl (C=O) groups is 4. The normalized spacial score (nSPS) is 29.7. The first-order valence-electron chi connectivity index (χ1n) is 14.0. The van der Waals surface area contributed by atoms with Crippen LogP contribution in [0.5, 0.6) is 0 Å². The summed E-state index contributed by atoms with van der Waals surface area (Å²) in [5.74, 6) is -2.56. The van der Waals surface area contributed by atoms with Crippen LogP contribution in [-0.4, -0.2) is 110 Å². The van der Waals surface area contributed by atoms with Gasteiger partial charge < -0.3 is 26.4 Å². The van der Waals surface area contributed by atoms with E-state index in [4.69, 9.17) is 5.73 Å². The Morgan fingerprint density at radius 2 is 2.14 bits per heavy atom. The van der Waals surface area contributed by atoms with Crippen LogP contribution in [-0.2, 0) is 19.2 Å². The lowest BCUT2D eigenvalue weighted by Gasteiger charge is -2.49. The van der Waals surface area contributed by atoms with Crippen molar-refractivity contribution in [2.24, 2.45) is 5.18 Å². The molecule has 3 amide bonds. The van der Waals surface area contributed by atoms with Gasteiger partial charge in [-0.2, -0.15) is 0 Å². The number of aliphatic carboxylic acids is 1. The molecule has 0 spiro atoms. The lowest BCUT2D eigenvalue weighted by atomic mass is 10.0. The van der Waals surface area contributed by atoms with E-state index >= 15 is 0 Å². The molecule has 5 aliphatic rings. The van der Waals surface area contributed by atoms with Gasteiger partial charge in [0.15, 0.2) is 5.13 Å². The summed E-state index contributed by atoms with van der Waals surface area (Å²) in [5.41, 5.74) is 6.40. The predicted octanol–water partition coefficient (Wildman–Crippen LogP) is 0.256. The molecule has 4 fully saturated rings. The highest BCUT2D eigenvalue weighted by atomic mass is 32.2. The van der Waals surface area contributed by atoms with Gasteiger partial charge in [-0.1, -0.05) is 0 Å². The third-order valence-electron chi connectivity index (χ3n) is 8.51. The number of fused-ring (bicyclic) bond motifs is 1. The number of carboxylic acid groups (broad SMARTS) is 1. The molecule has 0 saturated carbocycles. The van der Waals surface area contributed by atoms with Crippen LogP contribution in [0.4, 0.5) is 5.13 Å². The van der Waals surface area contributed by atoms with E-state index < -0.39 is 35.2 Å². The van der Waals surface area contributed by atoms with Crippen molar-refractivity contribution in [3.63, 3.8) is 0 Å². The average molecular weight is 617 g/mol. The first kappa shape index (κ1) is 28.8. The third kappa shape index (κ3) is 5.31. The molecule has 224 valence electrons. The molecule has 5 N–H and O–H groups in total. The molecule has 4 saturated heterocycles. The maximum Gasteiger partial charge on any atom is 0.352 e. The molecule has 6 rings (SSSR count). The second kappa shape index (κ2) is 11.7. The van der Waals surface area contributed by atoms with E-state index in [0.29, 0.717) is 30.2 Å². The number of thioether (sulfide) groups is 1. The molecule has 0 aliphatic carbocycles. The van der Waals surface area contributed by atoms with Crippen molar-refractivity contribution in [3.05, 3.63) is 38.9 Å². The monoisotopic (exact) mass is 616 g/mol. The molecule has 0 aromatic carbocycles. The van der Waals surface area contributed by atoms with Crippen molar-refractivity contribution in [3.8, 4) is 0 Å². The van der Waals surface area contributed by atoms with Crippen molar-refractivity contribution >= 4 is 51.9 Å². The quantitative estimate of drug-likeness (QED) is 0.169. The topological polar surface area (TPSA) is 191 Å². The molecule has 5 aliphatic heterocycles. The molecule has 16 heteroatoms. The minimum atomic E-state index is -1.48. The molecule has 42 heavy (non-hydrogen) atoms. The van der Waals surface area contributed by atoms with E-state index in [2.05, 4.69) is 25.7 Å². The Labute approximate surface area is 249 Å². The van der Waals surface area contributed by atoms with Crippen LogP contribution in [0.3, 0.4) is 0 Å². The maximum atomic E-state index is 13.4. The number of anilines is 1. The van der Waals surface area contributed by atoms with Gasteiger partial charge in [-0.15, -0.1) is 28.0 Å². The van der Waals surface area contributed by atoms with E-state index in [1.54, 1.807) is 6.08 Å². The number of rotatable bonds is 9. The average Bonchev–Trinajstić information content (AvgIpc) is 3.78. The van der Waals surface area contributed by atoms with Gasteiger partial charge in [0.25, 0.3) is 11.8 Å². The first-order chi connectivity index (χ1) is 20.2. The summed E-state index contributed by atoms with van der Waals surface area (Å²) in [7, 11) is 0. The van der Waals surface area contributed by atoms with E-state index in [1.807, 2.05) is 4.90 Å². The van der Waals surface area contributed by atoms with Gasteiger partial charge in [0, 0.05) is 55.0 Å². The SMILES string of the molecule is Nc1nc(C(N=O)C(=O)NC2C(=O)N3C(C(=O)O)=C(C=C4CCN(C5CCN(CC6CCCN6)C5)C4=O)CSC23)cs1. The second-order valence-electron chi connectivity index (χ2n) is 11.1. The largest absolute Gasteiger partial charge is 0.477 e. The van der Waals surface area contributed by atoms with Crippen LogP contribution in [0.15, 0.2) is 33.5 Å². The Bertz CT molecular complexity index is 1370. The number of nitrogens with one attached hydrogen (secondary N) is 2. The minimum Gasteiger partial charge on any atom is -0.477 e. The lowest BCUT2D eigenvalue weighted by molar-refractivity contribution is -0.150. The molecule has 1 aromatic heterocycles. The van der Waals surface area contributed by atoms with Crippen molar-refractivity contribution in [2.45, 2.75) is 55.2 Å². The van der Waals surface area contributed by atoms with E-state index in [9.17, 15) is 29.2 Å². The van der Waals surface area contributed by atoms with Gasteiger partial charge in [0.05, 0.1) is 5.69 Å². The number of nitrogens with two attached hydrogens (primary N) is 1. The molecule has 1 aromatic rings. The zero-order valence-electron chi connectivity index (χ0n) is 22.7. The zero-order chi connectivity index (χ0) is 29.5. The maximum absolute atomic E-state index is 13.4. The molecule has 5 atom stereocenters. The Kier molecular flexibility index (Phi) is 8.04. The molecule has 14 nitrogen and oxygen atoms in total. The van der Waals surface area contributed by atoms with Gasteiger partial charge in [0.1, 0.15) is 17.1 Å². The number of carbonyl (C=O) groups excluding carboxylic acids is 3. The zero-order valence-corrected chi connectivity index (χ0v) is 24.4. The van der Waals surface area contributed by atoms with E-state index in [0.717, 1.165) is 48.8 Å².